The zero-order valence-electron chi connectivity index (χ0n) is 9.89. The molecule has 0 saturated heterocycles. The van der Waals surface area contributed by atoms with Crippen molar-refractivity contribution >= 4 is 5.97 Å². The summed E-state index contributed by atoms with van der Waals surface area (Å²) in [6, 6.07) is 0. The average molecular weight is 230 g/mol. The smallest absolute Gasteiger partial charge is 0.328 e. The molecule has 0 aliphatic carbocycles. The Morgan fingerprint density at radius 1 is 1.62 bits per heavy atom. The van der Waals surface area contributed by atoms with Gasteiger partial charge in [0, 0.05) is 25.1 Å². The van der Waals surface area contributed by atoms with Crippen molar-refractivity contribution in [3.63, 3.8) is 0 Å². The van der Waals surface area contributed by atoms with Crippen LogP contribution < -0.4 is 5.32 Å². The van der Waals surface area contributed by atoms with E-state index in [-0.39, 0.29) is 19.1 Å². The Bertz CT molecular complexity index is 265. The Morgan fingerprint density at radius 3 is 2.81 bits per heavy atom. The third-order valence-electron chi connectivity index (χ3n) is 1.95. The number of methoxy groups -OCH3 is 1. The van der Waals surface area contributed by atoms with E-state index in [1.807, 2.05) is 0 Å². The number of ether oxygens (including phenoxy) is 2. The van der Waals surface area contributed by atoms with Crippen LogP contribution in [0.3, 0.4) is 0 Å². The number of carbonyl (C=O) groups is 1. The standard InChI is InChI=1S/C9H18N4O3/c1-4-16-8(14)9(2,7-15-3)11-5-6-12-13-10/h11H,4-7H2,1-3H3. The topological polar surface area (TPSA) is 96.3 Å². The Kier molecular flexibility index (Phi) is 7.28. The molecule has 0 fully saturated rings. The van der Waals surface area contributed by atoms with Crippen LogP contribution in [-0.4, -0.2) is 44.9 Å². The van der Waals surface area contributed by atoms with Crippen LogP contribution in [0, 0.1) is 0 Å². The largest absolute Gasteiger partial charge is 0.465 e. The van der Waals surface area contributed by atoms with Crippen molar-refractivity contribution < 1.29 is 14.3 Å². The van der Waals surface area contributed by atoms with Gasteiger partial charge in [-0.2, -0.15) is 0 Å². The highest BCUT2D eigenvalue weighted by molar-refractivity contribution is 5.80. The molecule has 0 amide bonds. The van der Waals surface area contributed by atoms with Crippen molar-refractivity contribution in [1.29, 1.82) is 0 Å². The molecule has 0 radical (unpaired) electrons. The second-order valence-corrected chi connectivity index (χ2v) is 3.37. The summed E-state index contributed by atoms with van der Waals surface area (Å²) in [5.41, 5.74) is 7.20. The van der Waals surface area contributed by atoms with Crippen molar-refractivity contribution in [3.8, 4) is 0 Å². The molecule has 1 unspecified atom stereocenters. The first kappa shape index (κ1) is 14.7. The Morgan fingerprint density at radius 2 is 2.31 bits per heavy atom. The van der Waals surface area contributed by atoms with E-state index in [9.17, 15) is 4.79 Å². The minimum atomic E-state index is -0.907. The van der Waals surface area contributed by atoms with Gasteiger partial charge in [-0.3, -0.25) is 0 Å². The maximum atomic E-state index is 11.7. The summed E-state index contributed by atoms with van der Waals surface area (Å²) in [6.45, 7) is 4.60. The lowest BCUT2D eigenvalue weighted by molar-refractivity contribution is -0.152. The van der Waals surface area contributed by atoms with Gasteiger partial charge in [0.25, 0.3) is 0 Å². The van der Waals surface area contributed by atoms with Gasteiger partial charge >= 0.3 is 5.97 Å². The molecule has 0 aliphatic heterocycles. The van der Waals surface area contributed by atoms with Crippen LogP contribution >= 0.6 is 0 Å². The second kappa shape index (κ2) is 7.92. The Labute approximate surface area is 94.7 Å². The second-order valence-electron chi connectivity index (χ2n) is 3.37. The summed E-state index contributed by atoms with van der Waals surface area (Å²) < 4.78 is 9.90. The number of azide groups is 1. The van der Waals surface area contributed by atoms with Gasteiger partial charge in [-0.05, 0) is 19.4 Å². The zero-order valence-corrected chi connectivity index (χ0v) is 9.89. The first-order valence-electron chi connectivity index (χ1n) is 5.02. The van der Waals surface area contributed by atoms with E-state index >= 15 is 0 Å². The fourth-order valence-electron chi connectivity index (χ4n) is 1.19. The summed E-state index contributed by atoms with van der Waals surface area (Å²) in [6.07, 6.45) is 0. The fourth-order valence-corrected chi connectivity index (χ4v) is 1.19. The van der Waals surface area contributed by atoms with Crippen LogP contribution in [0.15, 0.2) is 5.11 Å². The number of hydrogen-bond donors (Lipinski definition) is 1. The van der Waals surface area contributed by atoms with Crippen LogP contribution in [-0.2, 0) is 14.3 Å². The highest BCUT2D eigenvalue weighted by atomic mass is 16.5. The molecule has 1 atom stereocenters. The molecule has 0 heterocycles. The van der Waals surface area contributed by atoms with Crippen LogP contribution in [0.1, 0.15) is 13.8 Å². The van der Waals surface area contributed by atoms with Gasteiger partial charge in [0.15, 0.2) is 0 Å². The molecule has 0 aromatic carbocycles. The van der Waals surface area contributed by atoms with Gasteiger partial charge in [-0.25, -0.2) is 4.79 Å². The number of nitrogens with one attached hydrogen (secondary N) is 1. The Hall–Kier alpha value is -1.30. The van der Waals surface area contributed by atoms with E-state index in [1.165, 1.54) is 7.11 Å². The lowest BCUT2D eigenvalue weighted by atomic mass is 10.0. The molecule has 1 N–H and O–H groups in total. The minimum absolute atomic E-state index is 0.197. The molecule has 0 aromatic rings. The molecule has 7 nitrogen and oxygen atoms in total. The fraction of sp³-hybridized carbons (Fsp3) is 0.889. The summed E-state index contributed by atoms with van der Waals surface area (Å²) in [4.78, 5) is 14.3. The van der Waals surface area contributed by atoms with E-state index in [4.69, 9.17) is 15.0 Å². The zero-order chi connectivity index (χ0) is 12.4. The van der Waals surface area contributed by atoms with Crippen LogP contribution in [0.5, 0.6) is 0 Å². The van der Waals surface area contributed by atoms with Gasteiger partial charge in [0.1, 0.15) is 5.54 Å². The summed E-state index contributed by atoms with van der Waals surface area (Å²) >= 11 is 0. The highest BCUT2D eigenvalue weighted by Gasteiger charge is 2.34. The quantitative estimate of drug-likeness (QED) is 0.220. The predicted octanol–water partition coefficient (Wildman–Crippen LogP) is 0.855. The molecule has 0 aromatic heterocycles. The van der Waals surface area contributed by atoms with Gasteiger partial charge in [0.05, 0.1) is 13.2 Å². The molecular formula is C9H18N4O3. The molecule has 92 valence electrons. The normalized spacial score (nSPS) is 13.7. The average Bonchev–Trinajstić information content (AvgIpc) is 2.25. The number of carbonyl (C=O) groups excluding carboxylic acids is 1. The van der Waals surface area contributed by atoms with Crippen molar-refractivity contribution in [1.82, 2.24) is 5.32 Å². The summed E-state index contributed by atoms with van der Waals surface area (Å²) in [5, 5.41) is 6.32. The maximum Gasteiger partial charge on any atom is 0.328 e. The molecule has 16 heavy (non-hydrogen) atoms. The maximum absolute atomic E-state index is 11.7. The predicted molar refractivity (Wildman–Crippen MR) is 58.9 cm³/mol. The van der Waals surface area contributed by atoms with E-state index in [1.54, 1.807) is 13.8 Å². The number of rotatable bonds is 8. The minimum Gasteiger partial charge on any atom is -0.465 e. The van der Waals surface area contributed by atoms with Crippen LogP contribution in [0.4, 0.5) is 0 Å². The van der Waals surface area contributed by atoms with Crippen molar-refractivity contribution in [2.75, 3.05) is 33.4 Å². The lowest BCUT2D eigenvalue weighted by Gasteiger charge is -2.27. The van der Waals surface area contributed by atoms with Crippen molar-refractivity contribution in [2.45, 2.75) is 19.4 Å². The van der Waals surface area contributed by atoms with E-state index in [0.717, 1.165) is 0 Å². The molecule has 0 bridgehead atoms. The van der Waals surface area contributed by atoms with Crippen molar-refractivity contribution in [3.05, 3.63) is 10.4 Å². The number of nitrogens with zero attached hydrogens (tertiary/aromatic N) is 3. The first-order valence-corrected chi connectivity index (χ1v) is 5.02. The third kappa shape index (κ3) is 4.97. The molecule has 0 aliphatic rings. The van der Waals surface area contributed by atoms with Gasteiger partial charge < -0.3 is 14.8 Å². The molecule has 0 rings (SSSR count). The molecule has 0 spiro atoms. The Balaban J connectivity index is 4.30. The molecular weight excluding hydrogens is 212 g/mol. The number of esters is 1. The van der Waals surface area contributed by atoms with Gasteiger partial charge in [-0.15, -0.1) is 0 Å². The molecule has 0 saturated carbocycles. The van der Waals surface area contributed by atoms with Crippen LogP contribution in [0.25, 0.3) is 10.4 Å². The lowest BCUT2D eigenvalue weighted by Crippen LogP contribution is -2.54. The third-order valence-corrected chi connectivity index (χ3v) is 1.95. The van der Waals surface area contributed by atoms with Crippen LogP contribution in [0.2, 0.25) is 0 Å². The first-order chi connectivity index (χ1) is 7.60. The number of hydrogen-bond acceptors (Lipinski definition) is 5. The SMILES string of the molecule is CCOC(=O)C(C)(COC)NCCN=[N+]=[N-]. The van der Waals surface area contributed by atoms with Gasteiger partial charge in [0.2, 0.25) is 0 Å². The van der Waals surface area contributed by atoms with E-state index in [2.05, 4.69) is 15.3 Å². The van der Waals surface area contributed by atoms with Crippen molar-refractivity contribution in [2.24, 2.45) is 5.11 Å². The molecule has 7 heteroatoms. The van der Waals surface area contributed by atoms with Gasteiger partial charge in [-0.1, -0.05) is 5.11 Å². The summed E-state index contributed by atoms with van der Waals surface area (Å²) in [7, 11) is 1.51. The highest BCUT2D eigenvalue weighted by Crippen LogP contribution is 2.07. The monoisotopic (exact) mass is 230 g/mol. The van der Waals surface area contributed by atoms with E-state index in [0.29, 0.717) is 13.2 Å². The summed E-state index contributed by atoms with van der Waals surface area (Å²) in [5.74, 6) is -0.377. The van der Waals surface area contributed by atoms with E-state index < -0.39 is 5.54 Å².